The van der Waals surface area contributed by atoms with E-state index in [9.17, 15) is 9.59 Å². The minimum atomic E-state index is -0.612. The van der Waals surface area contributed by atoms with E-state index in [0.717, 1.165) is 32.5 Å². The van der Waals surface area contributed by atoms with Crippen molar-refractivity contribution in [2.45, 2.75) is 32.2 Å². The molecule has 1 aromatic rings. The molecule has 1 fully saturated rings. The van der Waals surface area contributed by atoms with E-state index in [1.807, 2.05) is 12.1 Å². The van der Waals surface area contributed by atoms with Gasteiger partial charge in [0.25, 0.3) is 5.91 Å². The first-order valence-electron chi connectivity index (χ1n) is 8.87. The lowest BCUT2D eigenvalue weighted by molar-refractivity contribution is -0.123. The summed E-state index contributed by atoms with van der Waals surface area (Å²) in [6, 6.07) is 10.2. The Labute approximate surface area is 149 Å². The molecule has 0 aromatic heterocycles. The Morgan fingerprint density at radius 2 is 1.96 bits per heavy atom. The maximum absolute atomic E-state index is 12.4. The standard InChI is InChI=1S/C19H26N4O2/c1-2-23-12-8-15(9-13-23)14-17(19(25)21-11-10-20)22-18(24)16-6-4-3-5-7-16/h3-7,15,17H,2,8-9,11-14H2,1H3,(H,21,25)(H,22,24)/t17-/m0/s1. The van der Waals surface area contributed by atoms with Gasteiger partial charge in [-0.2, -0.15) is 5.26 Å². The van der Waals surface area contributed by atoms with Crippen molar-refractivity contribution in [3.63, 3.8) is 0 Å². The minimum absolute atomic E-state index is 0.0508. The quantitative estimate of drug-likeness (QED) is 0.736. The minimum Gasteiger partial charge on any atom is -0.341 e. The zero-order valence-electron chi connectivity index (χ0n) is 14.7. The number of amides is 2. The third-order valence-corrected chi connectivity index (χ3v) is 4.72. The molecule has 1 aromatic carbocycles. The van der Waals surface area contributed by atoms with E-state index >= 15 is 0 Å². The van der Waals surface area contributed by atoms with Crippen molar-refractivity contribution >= 4 is 11.8 Å². The van der Waals surface area contributed by atoms with E-state index in [-0.39, 0.29) is 18.4 Å². The van der Waals surface area contributed by atoms with Crippen LogP contribution in [0, 0.1) is 17.2 Å². The third-order valence-electron chi connectivity index (χ3n) is 4.72. The summed E-state index contributed by atoms with van der Waals surface area (Å²) in [5.74, 6) is -0.149. The Morgan fingerprint density at radius 1 is 1.28 bits per heavy atom. The van der Waals surface area contributed by atoms with Crippen molar-refractivity contribution in [1.29, 1.82) is 5.26 Å². The molecule has 134 valence electrons. The van der Waals surface area contributed by atoms with Crippen LogP contribution in [0.2, 0.25) is 0 Å². The van der Waals surface area contributed by atoms with Crippen LogP contribution < -0.4 is 10.6 Å². The maximum atomic E-state index is 12.4. The first-order valence-corrected chi connectivity index (χ1v) is 8.87. The SMILES string of the molecule is CCN1CCC(C[C@H](NC(=O)c2ccccc2)C(=O)NCC#N)CC1. The second-order valence-electron chi connectivity index (χ2n) is 6.38. The number of nitrogens with zero attached hydrogens (tertiary/aromatic N) is 2. The summed E-state index contributed by atoms with van der Waals surface area (Å²) in [6.07, 6.45) is 2.65. The molecule has 0 aliphatic carbocycles. The molecule has 25 heavy (non-hydrogen) atoms. The van der Waals surface area contributed by atoms with Crippen LogP contribution in [0.1, 0.15) is 36.5 Å². The smallest absolute Gasteiger partial charge is 0.251 e. The molecule has 2 amide bonds. The van der Waals surface area contributed by atoms with Gasteiger partial charge in [0.1, 0.15) is 12.6 Å². The fourth-order valence-electron chi connectivity index (χ4n) is 3.18. The lowest BCUT2D eigenvalue weighted by Crippen LogP contribution is -2.48. The number of carbonyl (C=O) groups excluding carboxylic acids is 2. The number of rotatable bonds is 7. The molecule has 0 radical (unpaired) electrons. The number of nitrogens with one attached hydrogen (secondary N) is 2. The van der Waals surface area contributed by atoms with Crippen LogP contribution in [-0.2, 0) is 4.79 Å². The van der Waals surface area contributed by atoms with E-state index in [4.69, 9.17) is 5.26 Å². The number of likely N-dealkylation sites (tertiary alicyclic amines) is 1. The van der Waals surface area contributed by atoms with Crippen LogP contribution in [0.25, 0.3) is 0 Å². The van der Waals surface area contributed by atoms with Crippen LogP contribution >= 0.6 is 0 Å². The fourth-order valence-corrected chi connectivity index (χ4v) is 3.18. The van der Waals surface area contributed by atoms with Crippen molar-refractivity contribution < 1.29 is 9.59 Å². The zero-order chi connectivity index (χ0) is 18.1. The molecule has 6 heteroatoms. The van der Waals surface area contributed by atoms with E-state index in [2.05, 4.69) is 22.5 Å². The number of nitriles is 1. The average molecular weight is 342 g/mol. The van der Waals surface area contributed by atoms with E-state index < -0.39 is 6.04 Å². The van der Waals surface area contributed by atoms with Crippen LogP contribution in [0.4, 0.5) is 0 Å². The van der Waals surface area contributed by atoms with Crippen LogP contribution in [0.5, 0.6) is 0 Å². The zero-order valence-corrected chi connectivity index (χ0v) is 14.7. The molecule has 0 unspecified atom stereocenters. The highest BCUT2D eigenvalue weighted by atomic mass is 16.2. The second-order valence-corrected chi connectivity index (χ2v) is 6.38. The predicted octanol–water partition coefficient (Wildman–Crippen LogP) is 1.55. The normalized spacial score (nSPS) is 16.6. The highest BCUT2D eigenvalue weighted by molar-refractivity contribution is 5.97. The largest absolute Gasteiger partial charge is 0.341 e. The Kier molecular flexibility index (Phi) is 7.42. The Morgan fingerprint density at radius 3 is 2.56 bits per heavy atom. The van der Waals surface area contributed by atoms with Crippen molar-refractivity contribution in [2.24, 2.45) is 5.92 Å². The van der Waals surface area contributed by atoms with Gasteiger partial charge >= 0.3 is 0 Å². The van der Waals surface area contributed by atoms with Crippen LogP contribution in [-0.4, -0.2) is 48.9 Å². The van der Waals surface area contributed by atoms with Gasteiger partial charge in [-0.15, -0.1) is 0 Å². The molecule has 0 spiro atoms. The molecule has 1 aliphatic rings. The molecule has 1 atom stereocenters. The van der Waals surface area contributed by atoms with Gasteiger partial charge in [0.05, 0.1) is 6.07 Å². The molecule has 1 heterocycles. The van der Waals surface area contributed by atoms with E-state index in [0.29, 0.717) is 17.9 Å². The van der Waals surface area contributed by atoms with Crippen molar-refractivity contribution in [2.75, 3.05) is 26.2 Å². The molecule has 0 saturated carbocycles. The fraction of sp³-hybridized carbons (Fsp3) is 0.526. The topological polar surface area (TPSA) is 85.2 Å². The lowest BCUT2D eigenvalue weighted by atomic mass is 9.89. The van der Waals surface area contributed by atoms with E-state index in [1.54, 1.807) is 24.3 Å². The third kappa shape index (κ3) is 5.87. The van der Waals surface area contributed by atoms with Crippen LogP contribution in [0.15, 0.2) is 30.3 Å². The molecule has 6 nitrogen and oxygen atoms in total. The maximum Gasteiger partial charge on any atom is 0.251 e. The summed E-state index contributed by atoms with van der Waals surface area (Å²) in [6.45, 7) is 5.20. The monoisotopic (exact) mass is 342 g/mol. The van der Waals surface area contributed by atoms with Crippen molar-refractivity contribution in [1.82, 2.24) is 15.5 Å². The Balaban J connectivity index is 1.99. The molecule has 0 bridgehead atoms. The first-order chi connectivity index (χ1) is 12.1. The molecular formula is C19H26N4O2. The van der Waals surface area contributed by atoms with E-state index in [1.165, 1.54) is 0 Å². The first kappa shape index (κ1) is 18.9. The van der Waals surface area contributed by atoms with Crippen LogP contribution in [0.3, 0.4) is 0 Å². The number of benzene rings is 1. The lowest BCUT2D eigenvalue weighted by Gasteiger charge is -2.32. The van der Waals surface area contributed by atoms with Gasteiger partial charge in [0.15, 0.2) is 0 Å². The number of carbonyl (C=O) groups is 2. The van der Waals surface area contributed by atoms with Gasteiger partial charge in [-0.1, -0.05) is 25.1 Å². The van der Waals surface area contributed by atoms with Gasteiger partial charge in [0.2, 0.25) is 5.91 Å². The second kappa shape index (κ2) is 9.80. The average Bonchev–Trinajstić information content (AvgIpc) is 2.66. The predicted molar refractivity (Wildman–Crippen MR) is 95.8 cm³/mol. The van der Waals surface area contributed by atoms with Crippen molar-refractivity contribution in [3.05, 3.63) is 35.9 Å². The Bertz CT molecular complexity index is 604. The Hall–Kier alpha value is -2.39. The highest BCUT2D eigenvalue weighted by Gasteiger charge is 2.27. The summed E-state index contributed by atoms with van der Waals surface area (Å²) >= 11 is 0. The molecule has 1 aliphatic heterocycles. The van der Waals surface area contributed by atoms with Gasteiger partial charge in [0, 0.05) is 5.56 Å². The number of hydrogen-bond donors (Lipinski definition) is 2. The summed E-state index contributed by atoms with van der Waals surface area (Å²) in [4.78, 5) is 27.2. The molecule has 2 rings (SSSR count). The summed E-state index contributed by atoms with van der Waals surface area (Å²) < 4.78 is 0. The van der Waals surface area contributed by atoms with Gasteiger partial charge in [-0.05, 0) is 56.9 Å². The van der Waals surface area contributed by atoms with Crippen molar-refractivity contribution in [3.8, 4) is 6.07 Å². The number of hydrogen-bond acceptors (Lipinski definition) is 4. The summed E-state index contributed by atoms with van der Waals surface area (Å²) in [5, 5.41) is 14.1. The highest BCUT2D eigenvalue weighted by Crippen LogP contribution is 2.22. The summed E-state index contributed by atoms with van der Waals surface area (Å²) in [7, 11) is 0. The molecular weight excluding hydrogens is 316 g/mol. The molecule has 2 N–H and O–H groups in total. The van der Waals surface area contributed by atoms with Gasteiger partial charge < -0.3 is 15.5 Å². The van der Waals surface area contributed by atoms with Gasteiger partial charge in [-0.25, -0.2) is 0 Å². The van der Waals surface area contributed by atoms with Gasteiger partial charge in [-0.3, -0.25) is 9.59 Å². The summed E-state index contributed by atoms with van der Waals surface area (Å²) in [5.41, 5.74) is 0.529. The number of piperidine rings is 1. The molecule has 1 saturated heterocycles.